The van der Waals surface area contributed by atoms with Gasteiger partial charge in [-0.05, 0) is 75.1 Å². The minimum atomic E-state index is 0.0957. The average Bonchev–Trinajstić information content (AvgIpc) is 2.87. The molecule has 5 nitrogen and oxygen atoms in total. The molecule has 2 amide bonds. The Kier molecular flexibility index (Phi) is 6.61. The lowest BCUT2D eigenvalue weighted by Gasteiger charge is -2.33. The maximum atomic E-state index is 13.8. The minimum absolute atomic E-state index is 0.0957. The number of likely N-dealkylation sites (tertiary alicyclic amines) is 1. The van der Waals surface area contributed by atoms with Gasteiger partial charge in [-0.1, -0.05) is 42.0 Å². The first-order valence-corrected chi connectivity index (χ1v) is 12.6. The maximum Gasteiger partial charge on any atom is 0.254 e. The maximum absolute atomic E-state index is 13.8. The molecule has 1 fully saturated rings. The molecule has 2 aliphatic rings. The second-order valence-corrected chi connectivity index (χ2v) is 9.76. The number of nitrogens with zero attached hydrogens (tertiary/aromatic N) is 2. The van der Waals surface area contributed by atoms with Crippen LogP contribution in [0.5, 0.6) is 0 Å². The van der Waals surface area contributed by atoms with Gasteiger partial charge in [-0.2, -0.15) is 0 Å². The highest BCUT2D eigenvalue weighted by Gasteiger charge is 2.29. The van der Waals surface area contributed by atoms with E-state index in [0.717, 1.165) is 78.2 Å². The number of rotatable bonds is 5. The molecule has 2 heterocycles. The first-order chi connectivity index (χ1) is 16.6. The Hall–Kier alpha value is -3.21. The van der Waals surface area contributed by atoms with Crippen LogP contribution in [-0.2, 0) is 24.1 Å². The fourth-order valence-electron chi connectivity index (χ4n) is 5.37. The first-order valence-electron chi connectivity index (χ1n) is 12.6. The molecule has 0 spiro atoms. The molecule has 5 heteroatoms. The summed E-state index contributed by atoms with van der Waals surface area (Å²) in [5, 5.41) is 4.18. The number of nitrogens with one attached hydrogen (secondary N) is 1. The van der Waals surface area contributed by atoms with Crippen molar-refractivity contribution >= 4 is 22.7 Å². The number of benzene rings is 2. The van der Waals surface area contributed by atoms with Crippen molar-refractivity contribution < 1.29 is 9.59 Å². The summed E-state index contributed by atoms with van der Waals surface area (Å²) in [6.07, 6.45) is 6.99. The van der Waals surface area contributed by atoms with Gasteiger partial charge in [0.2, 0.25) is 5.91 Å². The highest BCUT2D eigenvalue weighted by molar-refractivity contribution is 6.08. The van der Waals surface area contributed by atoms with Crippen LogP contribution in [0.25, 0.3) is 10.9 Å². The third kappa shape index (κ3) is 4.84. The number of piperidine rings is 1. The van der Waals surface area contributed by atoms with Crippen LogP contribution in [0.2, 0.25) is 0 Å². The van der Waals surface area contributed by atoms with Gasteiger partial charge < -0.3 is 10.2 Å². The second-order valence-electron chi connectivity index (χ2n) is 9.76. The van der Waals surface area contributed by atoms with Gasteiger partial charge >= 0.3 is 0 Å². The summed E-state index contributed by atoms with van der Waals surface area (Å²) in [6.45, 7) is 3.42. The number of aryl methyl sites for hydroxylation is 3. The molecule has 0 atom stereocenters. The van der Waals surface area contributed by atoms with E-state index in [1.165, 1.54) is 5.56 Å². The summed E-state index contributed by atoms with van der Waals surface area (Å²) < 4.78 is 0. The van der Waals surface area contributed by atoms with Gasteiger partial charge in [0, 0.05) is 36.6 Å². The normalized spacial score (nSPS) is 16.3. The van der Waals surface area contributed by atoms with E-state index in [-0.39, 0.29) is 17.9 Å². The number of amides is 2. The first kappa shape index (κ1) is 22.6. The minimum Gasteiger partial charge on any atom is -0.353 e. The van der Waals surface area contributed by atoms with Crippen molar-refractivity contribution in [3.05, 3.63) is 76.5 Å². The molecule has 1 aromatic heterocycles. The van der Waals surface area contributed by atoms with Crippen LogP contribution in [0.4, 0.5) is 0 Å². The summed E-state index contributed by atoms with van der Waals surface area (Å²) in [5.74, 6) is 0.225. The number of pyridine rings is 1. The molecular formula is C29H33N3O2. The Labute approximate surface area is 201 Å². The van der Waals surface area contributed by atoms with Crippen molar-refractivity contribution in [1.29, 1.82) is 0 Å². The summed E-state index contributed by atoms with van der Waals surface area (Å²) in [6, 6.07) is 16.5. The van der Waals surface area contributed by atoms with Crippen LogP contribution in [0.1, 0.15) is 64.8 Å². The predicted octanol–water partition coefficient (Wildman–Crippen LogP) is 4.78. The molecule has 3 aromatic rings. The van der Waals surface area contributed by atoms with Crippen LogP contribution in [0, 0.1) is 6.92 Å². The molecule has 34 heavy (non-hydrogen) atoms. The quantitative estimate of drug-likeness (QED) is 0.603. The smallest absolute Gasteiger partial charge is 0.254 e. The Bertz CT molecular complexity index is 1200. The molecule has 0 saturated carbocycles. The molecule has 0 radical (unpaired) electrons. The fourth-order valence-corrected chi connectivity index (χ4v) is 5.37. The molecular weight excluding hydrogens is 422 g/mol. The fraction of sp³-hybridized carbons (Fsp3) is 0.414. The molecule has 1 aliphatic carbocycles. The molecule has 0 unspecified atom stereocenters. The third-order valence-electron chi connectivity index (χ3n) is 7.26. The standard InChI is InChI=1S/C29H33N3O2/c1-20-11-13-26-24(19-20)28(23-9-5-6-10-25(23)31-26)29(34)32-17-15-22(16-18-32)30-27(33)14-12-21-7-3-2-4-8-21/h2-4,7-8,11,13,19,22H,5-6,9-10,12,14-18H2,1H3,(H,30,33). The molecule has 5 rings (SSSR count). The van der Waals surface area contributed by atoms with E-state index < -0.39 is 0 Å². The van der Waals surface area contributed by atoms with Gasteiger partial charge in [0.15, 0.2) is 0 Å². The van der Waals surface area contributed by atoms with Crippen molar-refractivity contribution in [1.82, 2.24) is 15.2 Å². The van der Waals surface area contributed by atoms with E-state index in [1.807, 2.05) is 29.2 Å². The monoisotopic (exact) mass is 455 g/mol. The number of carbonyl (C=O) groups is 2. The lowest BCUT2D eigenvalue weighted by Crippen LogP contribution is -2.46. The predicted molar refractivity (Wildman–Crippen MR) is 135 cm³/mol. The lowest BCUT2D eigenvalue weighted by molar-refractivity contribution is -0.122. The molecule has 1 aliphatic heterocycles. The van der Waals surface area contributed by atoms with Gasteiger partial charge in [0.25, 0.3) is 5.91 Å². The Balaban J connectivity index is 1.25. The molecule has 176 valence electrons. The van der Waals surface area contributed by atoms with E-state index in [4.69, 9.17) is 4.98 Å². The molecule has 1 saturated heterocycles. The molecule has 0 bridgehead atoms. The lowest BCUT2D eigenvalue weighted by atomic mass is 9.88. The van der Waals surface area contributed by atoms with E-state index in [0.29, 0.717) is 19.5 Å². The highest BCUT2D eigenvalue weighted by atomic mass is 16.2. The Morgan fingerprint density at radius 3 is 2.59 bits per heavy atom. The van der Waals surface area contributed by atoms with Crippen LogP contribution in [0.15, 0.2) is 48.5 Å². The number of aromatic nitrogens is 1. The molecule has 1 N–H and O–H groups in total. The number of carbonyl (C=O) groups excluding carboxylic acids is 2. The third-order valence-corrected chi connectivity index (χ3v) is 7.26. The van der Waals surface area contributed by atoms with Crippen molar-refractivity contribution in [2.75, 3.05) is 13.1 Å². The topological polar surface area (TPSA) is 62.3 Å². The zero-order valence-electron chi connectivity index (χ0n) is 20.0. The summed E-state index contributed by atoms with van der Waals surface area (Å²) in [7, 11) is 0. The average molecular weight is 456 g/mol. The van der Waals surface area contributed by atoms with Gasteiger partial charge in [0.05, 0.1) is 11.1 Å². The zero-order chi connectivity index (χ0) is 23.5. The highest BCUT2D eigenvalue weighted by Crippen LogP contribution is 2.31. The van der Waals surface area contributed by atoms with Crippen molar-refractivity contribution in [2.45, 2.75) is 64.3 Å². The summed E-state index contributed by atoms with van der Waals surface area (Å²) in [4.78, 5) is 33.2. The van der Waals surface area contributed by atoms with Crippen LogP contribution in [-0.4, -0.2) is 40.8 Å². The largest absolute Gasteiger partial charge is 0.353 e. The van der Waals surface area contributed by atoms with E-state index >= 15 is 0 Å². The van der Waals surface area contributed by atoms with Crippen LogP contribution < -0.4 is 5.32 Å². The van der Waals surface area contributed by atoms with Gasteiger partial charge in [-0.25, -0.2) is 0 Å². The Morgan fingerprint density at radius 2 is 1.79 bits per heavy atom. The number of hydrogen-bond donors (Lipinski definition) is 1. The van der Waals surface area contributed by atoms with Gasteiger partial charge in [0.1, 0.15) is 0 Å². The summed E-state index contributed by atoms with van der Waals surface area (Å²) >= 11 is 0. The van der Waals surface area contributed by atoms with E-state index in [1.54, 1.807) is 0 Å². The SMILES string of the molecule is Cc1ccc2nc3c(c(C(=O)N4CCC(NC(=O)CCc5ccccc5)CC4)c2c1)CCCC3. The van der Waals surface area contributed by atoms with Crippen LogP contribution in [0.3, 0.4) is 0 Å². The summed E-state index contributed by atoms with van der Waals surface area (Å²) in [5.41, 5.74) is 6.39. The Morgan fingerprint density at radius 1 is 1.03 bits per heavy atom. The zero-order valence-corrected chi connectivity index (χ0v) is 20.0. The number of fused-ring (bicyclic) bond motifs is 2. The van der Waals surface area contributed by atoms with Gasteiger partial charge in [-0.15, -0.1) is 0 Å². The molecule has 2 aromatic carbocycles. The van der Waals surface area contributed by atoms with Crippen molar-refractivity contribution in [3.63, 3.8) is 0 Å². The van der Waals surface area contributed by atoms with Crippen LogP contribution >= 0.6 is 0 Å². The van der Waals surface area contributed by atoms with Crippen molar-refractivity contribution in [2.24, 2.45) is 0 Å². The van der Waals surface area contributed by atoms with Gasteiger partial charge in [-0.3, -0.25) is 14.6 Å². The van der Waals surface area contributed by atoms with E-state index in [2.05, 4.69) is 36.5 Å². The second kappa shape index (κ2) is 9.96. The van der Waals surface area contributed by atoms with E-state index in [9.17, 15) is 9.59 Å². The number of hydrogen-bond acceptors (Lipinski definition) is 3. The van der Waals surface area contributed by atoms with Crippen molar-refractivity contribution in [3.8, 4) is 0 Å².